The number of fused-ring (bicyclic) bond motifs is 1. The molecule has 0 bridgehead atoms. The van der Waals surface area contributed by atoms with Crippen molar-refractivity contribution in [2.45, 2.75) is 71.8 Å². The van der Waals surface area contributed by atoms with Crippen LogP contribution in [0.25, 0.3) is 0 Å². The van der Waals surface area contributed by atoms with Crippen LogP contribution in [0.2, 0.25) is 0 Å². The molecular formula is C17H33NO. The zero-order chi connectivity index (χ0) is 13.9. The van der Waals surface area contributed by atoms with Gasteiger partial charge < -0.3 is 10.1 Å². The van der Waals surface area contributed by atoms with E-state index in [1.54, 1.807) is 0 Å². The van der Waals surface area contributed by atoms with Gasteiger partial charge in [-0.25, -0.2) is 0 Å². The van der Waals surface area contributed by atoms with Crippen LogP contribution in [0.15, 0.2) is 0 Å². The van der Waals surface area contributed by atoms with Crippen molar-refractivity contribution < 1.29 is 4.74 Å². The highest BCUT2D eigenvalue weighted by Gasteiger charge is 2.53. The normalized spacial score (nSPS) is 33.5. The molecule has 0 amide bonds. The smallest absolute Gasteiger partial charge is 0.0471 e. The van der Waals surface area contributed by atoms with Gasteiger partial charge in [-0.2, -0.15) is 0 Å². The third-order valence-corrected chi connectivity index (χ3v) is 4.87. The Bertz CT molecular complexity index is 271. The molecule has 2 fully saturated rings. The fourth-order valence-electron chi connectivity index (χ4n) is 3.53. The number of rotatable bonds is 8. The summed E-state index contributed by atoms with van der Waals surface area (Å²) in [5, 5.41) is 3.74. The fraction of sp³-hybridized carbons (Fsp3) is 1.00. The van der Waals surface area contributed by atoms with Crippen LogP contribution in [-0.4, -0.2) is 25.3 Å². The topological polar surface area (TPSA) is 21.3 Å². The van der Waals surface area contributed by atoms with E-state index >= 15 is 0 Å². The van der Waals surface area contributed by atoms with Crippen molar-refractivity contribution >= 4 is 0 Å². The summed E-state index contributed by atoms with van der Waals surface area (Å²) >= 11 is 0. The first kappa shape index (κ1) is 15.3. The van der Waals surface area contributed by atoms with Crippen LogP contribution in [0.3, 0.4) is 0 Å². The van der Waals surface area contributed by atoms with E-state index in [0.29, 0.717) is 5.41 Å². The van der Waals surface area contributed by atoms with Crippen molar-refractivity contribution in [2.75, 3.05) is 19.8 Å². The number of ether oxygens (including phenoxy) is 1. The summed E-state index contributed by atoms with van der Waals surface area (Å²) in [6.45, 7) is 12.1. The second kappa shape index (κ2) is 6.13. The lowest BCUT2D eigenvalue weighted by Gasteiger charge is -2.35. The average Bonchev–Trinajstić information content (AvgIpc) is 2.94. The lowest BCUT2D eigenvalue weighted by Crippen LogP contribution is -2.44. The second-order valence-corrected chi connectivity index (χ2v) is 7.98. The van der Waals surface area contributed by atoms with E-state index in [1.165, 1.54) is 45.1 Å². The molecule has 1 N–H and O–H groups in total. The quantitative estimate of drug-likeness (QED) is 0.671. The summed E-state index contributed by atoms with van der Waals surface area (Å²) in [5.41, 5.74) is 0.774. The van der Waals surface area contributed by atoms with Crippen LogP contribution in [0.4, 0.5) is 0 Å². The Balaban J connectivity index is 1.75. The van der Waals surface area contributed by atoms with Crippen molar-refractivity contribution in [1.82, 2.24) is 5.32 Å². The van der Waals surface area contributed by atoms with Crippen molar-refractivity contribution in [2.24, 2.45) is 17.3 Å². The van der Waals surface area contributed by atoms with Gasteiger partial charge in [-0.3, -0.25) is 0 Å². The fourth-order valence-corrected chi connectivity index (χ4v) is 3.53. The van der Waals surface area contributed by atoms with E-state index < -0.39 is 0 Å². The summed E-state index contributed by atoms with van der Waals surface area (Å²) in [4.78, 5) is 0. The first-order valence-corrected chi connectivity index (χ1v) is 8.27. The molecule has 112 valence electrons. The molecule has 2 aliphatic carbocycles. The Morgan fingerprint density at radius 1 is 1.16 bits per heavy atom. The first-order chi connectivity index (χ1) is 8.94. The van der Waals surface area contributed by atoms with Crippen molar-refractivity contribution in [3.63, 3.8) is 0 Å². The number of hydrogen-bond acceptors (Lipinski definition) is 2. The minimum absolute atomic E-state index is 0.239. The standard InChI is InChI=1S/C17H33NO/c1-5-6-8-19-9-7-17(13-18-16(2,3)4)11-14-10-15(14)12-17/h14-15,18H,5-13H2,1-4H3. The Morgan fingerprint density at radius 3 is 2.42 bits per heavy atom. The highest BCUT2D eigenvalue weighted by Crippen LogP contribution is 2.60. The molecule has 0 spiro atoms. The molecule has 2 saturated carbocycles. The lowest BCUT2D eigenvalue weighted by atomic mass is 9.79. The van der Waals surface area contributed by atoms with Crippen LogP contribution in [0.5, 0.6) is 0 Å². The number of unbranched alkanes of at least 4 members (excludes halogenated alkanes) is 1. The Labute approximate surface area is 119 Å². The maximum atomic E-state index is 5.82. The van der Waals surface area contributed by atoms with Crippen LogP contribution in [0, 0.1) is 17.3 Å². The maximum Gasteiger partial charge on any atom is 0.0471 e. The molecule has 0 aliphatic heterocycles. The zero-order valence-electron chi connectivity index (χ0n) is 13.4. The predicted octanol–water partition coefficient (Wildman–Crippen LogP) is 4.00. The minimum atomic E-state index is 0.239. The van der Waals surface area contributed by atoms with Gasteiger partial charge in [-0.1, -0.05) is 13.3 Å². The first-order valence-electron chi connectivity index (χ1n) is 8.27. The van der Waals surface area contributed by atoms with Gasteiger partial charge in [-0.15, -0.1) is 0 Å². The van der Waals surface area contributed by atoms with Crippen molar-refractivity contribution in [3.8, 4) is 0 Å². The SMILES string of the molecule is CCCCOCCC1(CNC(C)(C)C)CC2CC2C1. The van der Waals surface area contributed by atoms with Crippen molar-refractivity contribution in [1.29, 1.82) is 0 Å². The van der Waals surface area contributed by atoms with Crippen LogP contribution in [-0.2, 0) is 4.74 Å². The van der Waals surface area contributed by atoms with E-state index in [0.717, 1.165) is 25.0 Å². The molecule has 0 aromatic rings. The van der Waals surface area contributed by atoms with Crippen LogP contribution in [0.1, 0.15) is 66.2 Å². The maximum absolute atomic E-state index is 5.82. The minimum Gasteiger partial charge on any atom is -0.381 e. The second-order valence-electron chi connectivity index (χ2n) is 7.98. The van der Waals surface area contributed by atoms with Gasteiger partial charge >= 0.3 is 0 Å². The van der Waals surface area contributed by atoms with Gasteiger partial charge in [-0.05, 0) is 70.1 Å². The Hall–Kier alpha value is -0.0800. The molecule has 0 heterocycles. The Morgan fingerprint density at radius 2 is 1.84 bits per heavy atom. The lowest BCUT2D eigenvalue weighted by molar-refractivity contribution is 0.0841. The summed E-state index contributed by atoms with van der Waals surface area (Å²) < 4.78 is 5.82. The molecule has 0 saturated heterocycles. The molecule has 2 aliphatic rings. The summed E-state index contributed by atoms with van der Waals surface area (Å²) in [6, 6.07) is 0. The molecule has 2 rings (SSSR count). The van der Waals surface area contributed by atoms with E-state index in [-0.39, 0.29) is 5.54 Å². The summed E-state index contributed by atoms with van der Waals surface area (Å²) in [6.07, 6.45) is 8.09. The molecule has 2 heteroatoms. The third-order valence-electron chi connectivity index (χ3n) is 4.87. The molecule has 2 atom stereocenters. The molecular weight excluding hydrogens is 234 g/mol. The number of nitrogens with one attached hydrogen (secondary N) is 1. The third kappa shape index (κ3) is 4.75. The van der Waals surface area contributed by atoms with Gasteiger partial charge in [0, 0.05) is 25.3 Å². The number of hydrogen-bond donors (Lipinski definition) is 1. The summed E-state index contributed by atoms with van der Waals surface area (Å²) in [7, 11) is 0. The van der Waals surface area contributed by atoms with Crippen LogP contribution >= 0.6 is 0 Å². The average molecular weight is 267 g/mol. The largest absolute Gasteiger partial charge is 0.381 e. The van der Waals surface area contributed by atoms with Gasteiger partial charge in [0.2, 0.25) is 0 Å². The van der Waals surface area contributed by atoms with Crippen molar-refractivity contribution in [3.05, 3.63) is 0 Å². The molecule has 0 radical (unpaired) electrons. The predicted molar refractivity (Wildman–Crippen MR) is 81.4 cm³/mol. The van der Waals surface area contributed by atoms with Gasteiger partial charge in [0.05, 0.1) is 0 Å². The van der Waals surface area contributed by atoms with E-state index in [1.807, 2.05) is 0 Å². The Kier molecular flexibility index (Phi) is 4.94. The highest BCUT2D eigenvalue weighted by atomic mass is 16.5. The highest BCUT2D eigenvalue weighted by molar-refractivity contribution is 5.04. The monoisotopic (exact) mass is 267 g/mol. The molecule has 2 nitrogen and oxygen atoms in total. The molecule has 0 aromatic heterocycles. The van der Waals surface area contributed by atoms with E-state index in [9.17, 15) is 0 Å². The molecule has 19 heavy (non-hydrogen) atoms. The van der Waals surface area contributed by atoms with Gasteiger partial charge in [0.1, 0.15) is 0 Å². The summed E-state index contributed by atoms with van der Waals surface area (Å²) in [5.74, 6) is 2.11. The van der Waals surface area contributed by atoms with Gasteiger partial charge in [0.25, 0.3) is 0 Å². The van der Waals surface area contributed by atoms with E-state index in [4.69, 9.17) is 4.74 Å². The van der Waals surface area contributed by atoms with E-state index in [2.05, 4.69) is 33.0 Å². The molecule has 2 unspecified atom stereocenters. The van der Waals surface area contributed by atoms with Gasteiger partial charge in [0.15, 0.2) is 0 Å². The molecule has 0 aromatic carbocycles. The van der Waals surface area contributed by atoms with Crippen LogP contribution < -0.4 is 5.32 Å². The zero-order valence-corrected chi connectivity index (χ0v) is 13.4.